The molecule has 3 aliphatic rings. The van der Waals surface area contributed by atoms with E-state index >= 15 is 0 Å². The number of carbonyl (C=O) groups is 2. The first-order chi connectivity index (χ1) is 25.0. The van der Waals surface area contributed by atoms with Crippen LogP contribution < -0.4 is 0 Å². The normalized spacial score (nSPS) is 24.7. The Morgan fingerprint density at radius 3 is 1.58 bits per heavy atom. The van der Waals surface area contributed by atoms with Crippen LogP contribution in [0, 0.1) is 16.7 Å². The molecule has 3 fully saturated rings. The molecule has 52 heavy (non-hydrogen) atoms. The Balaban J connectivity index is 0.966. The van der Waals surface area contributed by atoms with Crippen LogP contribution in [0.3, 0.4) is 0 Å². The van der Waals surface area contributed by atoms with Crippen molar-refractivity contribution in [2.24, 2.45) is 16.7 Å². The summed E-state index contributed by atoms with van der Waals surface area (Å²) in [5, 5.41) is 21.5. The number of rotatable bonds is 16. The zero-order valence-electron chi connectivity index (χ0n) is 31.4. The number of hydrogen-bond acceptors (Lipinski definition) is 10. The van der Waals surface area contributed by atoms with Gasteiger partial charge >= 0.3 is 11.9 Å². The minimum absolute atomic E-state index is 0.0720. The van der Waals surface area contributed by atoms with Crippen molar-refractivity contribution in [3.63, 3.8) is 0 Å². The molecule has 0 spiro atoms. The highest BCUT2D eigenvalue weighted by molar-refractivity contribution is 5.82. The molecular weight excluding hydrogens is 656 g/mol. The topological polar surface area (TPSA) is 106 Å². The molecule has 2 saturated heterocycles. The molecule has 0 aromatic heterocycles. The fourth-order valence-electron chi connectivity index (χ4n) is 7.70. The molecule has 0 amide bonds. The van der Waals surface area contributed by atoms with Crippen LogP contribution in [0.1, 0.15) is 44.7 Å². The van der Waals surface area contributed by atoms with Gasteiger partial charge in [-0.15, -0.1) is 0 Å². The summed E-state index contributed by atoms with van der Waals surface area (Å²) in [5.41, 5.74) is 0.774. The second-order valence-electron chi connectivity index (χ2n) is 15.5. The van der Waals surface area contributed by atoms with E-state index in [4.69, 9.17) is 9.47 Å². The molecule has 0 unspecified atom stereocenters. The van der Waals surface area contributed by atoms with Crippen LogP contribution in [0.15, 0.2) is 72.8 Å². The van der Waals surface area contributed by atoms with Crippen molar-refractivity contribution < 1.29 is 29.3 Å². The van der Waals surface area contributed by atoms with Crippen molar-refractivity contribution in [1.82, 2.24) is 19.6 Å². The van der Waals surface area contributed by atoms with Crippen LogP contribution in [-0.4, -0.2) is 146 Å². The molecule has 1 saturated carbocycles. The third-order valence-electron chi connectivity index (χ3n) is 11.6. The number of piperazine rings is 2. The molecule has 10 heteroatoms. The maximum Gasteiger partial charge on any atom is 0.312 e. The maximum atomic E-state index is 13.5. The van der Waals surface area contributed by atoms with E-state index in [9.17, 15) is 19.8 Å². The average molecular weight is 717 g/mol. The molecule has 2 aromatic rings. The number of ether oxygens (including phenoxy) is 2. The molecule has 2 aromatic carbocycles. The standard InChI is InChI=1S/C42H60N4O6/c1-41(2)38(39(49)51-32-36(47)30-45-26-22-43(23-27-45)20-10-16-34-12-6-4-7-13-34)18-19-42(41,3)40(50)52-33-37(48)31-46-28-24-44(25-29-46)21-11-17-35-14-8-5-9-15-35/h4-17,36-38,47-48H,18-33H2,1-3H3/b16-10+,17-11+/t36-,37-,38-,42-/m1/s1. The first-order valence-electron chi connectivity index (χ1n) is 19.1. The van der Waals surface area contributed by atoms with Gasteiger partial charge in [-0.1, -0.05) is 98.8 Å². The monoisotopic (exact) mass is 716 g/mol. The highest BCUT2D eigenvalue weighted by Crippen LogP contribution is 2.57. The van der Waals surface area contributed by atoms with Crippen LogP contribution in [0.2, 0.25) is 0 Å². The molecule has 2 heterocycles. The van der Waals surface area contributed by atoms with Crippen LogP contribution in [-0.2, 0) is 19.1 Å². The van der Waals surface area contributed by atoms with E-state index in [1.54, 1.807) is 0 Å². The highest BCUT2D eigenvalue weighted by Gasteiger charge is 2.59. The summed E-state index contributed by atoms with van der Waals surface area (Å²) in [6.45, 7) is 15.3. The average Bonchev–Trinajstić information content (AvgIpc) is 3.40. The molecule has 0 radical (unpaired) electrons. The van der Waals surface area contributed by atoms with Gasteiger partial charge in [-0.05, 0) is 36.3 Å². The number of aliphatic hydroxyl groups excluding tert-OH is 2. The van der Waals surface area contributed by atoms with Gasteiger partial charge in [-0.25, -0.2) is 0 Å². The Morgan fingerprint density at radius 2 is 1.12 bits per heavy atom. The van der Waals surface area contributed by atoms with Gasteiger partial charge in [-0.3, -0.25) is 29.2 Å². The summed E-state index contributed by atoms with van der Waals surface area (Å²) in [5.74, 6) is -1.27. The Kier molecular flexibility index (Phi) is 14.6. The van der Waals surface area contributed by atoms with Gasteiger partial charge in [0.2, 0.25) is 0 Å². The summed E-state index contributed by atoms with van der Waals surface area (Å²) in [6, 6.07) is 20.5. The van der Waals surface area contributed by atoms with Crippen molar-refractivity contribution in [3.8, 4) is 0 Å². The molecule has 1 aliphatic carbocycles. The number of benzene rings is 2. The molecule has 2 aliphatic heterocycles. The summed E-state index contributed by atoms with van der Waals surface area (Å²) >= 11 is 0. The Hall–Kier alpha value is -3.38. The third kappa shape index (κ3) is 11.1. The van der Waals surface area contributed by atoms with Crippen LogP contribution >= 0.6 is 0 Å². The van der Waals surface area contributed by atoms with E-state index < -0.39 is 34.9 Å². The lowest BCUT2D eigenvalue weighted by atomic mass is 9.65. The second-order valence-corrected chi connectivity index (χ2v) is 15.5. The minimum atomic E-state index is -0.899. The van der Waals surface area contributed by atoms with Crippen molar-refractivity contribution >= 4 is 24.1 Å². The molecule has 0 bridgehead atoms. The summed E-state index contributed by atoms with van der Waals surface area (Å²) < 4.78 is 11.4. The van der Waals surface area contributed by atoms with E-state index in [-0.39, 0.29) is 19.2 Å². The summed E-state index contributed by atoms with van der Waals surface area (Å²) in [7, 11) is 0. The predicted molar refractivity (Wildman–Crippen MR) is 205 cm³/mol. The lowest BCUT2D eigenvalue weighted by Gasteiger charge is -2.39. The van der Waals surface area contributed by atoms with Gasteiger partial charge in [0.25, 0.3) is 0 Å². The number of carbonyl (C=O) groups excluding carboxylic acids is 2. The Morgan fingerprint density at radius 1 is 0.692 bits per heavy atom. The van der Waals surface area contributed by atoms with Crippen molar-refractivity contribution in [1.29, 1.82) is 0 Å². The zero-order valence-corrected chi connectivity index (χ0v) is 31.4. The fourth-order valence-corrected chi connectivity index (χ4v) is 7.70. The van der Waals surface area contributed by atoms with Gasteiger partial charge < -0.3 is 19.7 Å². The molecule has 2 N–H and O–H groups in total. The van der Waals surface area contributed by atoms with E-state index in [1.807, 2.05) is 57.2 Å². The van der Waals surface area contributed by atoms with E-state index in [0.29, 0.717) is 25.9 Å². The first kappa shape index (κ1) is 39.8. The quantitative estimate of drug-likeness (QED) is 0.249. The molecule has 5 rings (SSSR count). The number of nitrogens with zero attached hydrogens (tertiary/aromatic N) is 4. The lowest BCUT2D eigenvalue weighted by molar-refractivity contribution is -0.168. The van der Waals surface area contributed by atoms with Crippen LogP contribution in [0.4, 0.5) is 0 Å². The number of hydrogen-bond donors (Lipinski definition) is 2. The van der Waals surface area contributed by atoms with Gasteiger partial charge in [0.1, 0.15) is 25.4 Å². The third-order valence-corrected chi connectivity index (χ3v) is 11.6. The number of β-amino-alcohol motifs (C(OH)–C–C–N with tert-alkyl or cyclic N) is 2. The van der Waals surface area contributed by atoms with E-state index in [1.165, 1.54) is 11.1 Å². The lowest BCUT2D eigenvalue weighted by Crippen LogP contribution is -2.49. The molecule has 4 atom stereocenters. The Labute approximate surface area is 310 Å². The van der Waals surface area contributed by atoms with Gasteiger partial charge in [0.15, 0.2) is 0 Å². The highest BCUT2D eigenvalue weighted by atomic mass is 16.5. The zero-order chi connectivity index (χ0) is 37.0. The van der Waals surface area contributed by atoms with Crippen molar-refractivity contribution in [3.05, 3.63) is 83.9 Å². The number of esters is 2. The SMILES string of the molecule is CC1(C)[C@@H](C(=O)OC[C@H](O)CN2CCN(C/C=C/c3ccccc3)CC2)CC[C@]1(C)C(=O)OC[C@H](O)CN1CCN(C/C=C/c2ccccc2)CC1. The second kappa shape index (κ2) is 19.1. The van der Waals surface area contributed by atoms with Gasteiger partial charge in [-0.2, -0.15) is 0 Å². The molecule has 284 valence electrons. The van der Waals surface area contributed by atoms with Crippen molar-refractivity contribution in [2.45, 2.75) is 45.8 Å². The largest absolute Gasteiger partial charge is 0.463 e. The smallest absolute Gasteiger partial charge is 0.312 e. The fraction of sp³-hybridized carbons (Fsp3) is 0.571. The summed E-state index contributed by atoms with van der Waals surface area (Å²) in [6.07, 6.45) is 8.08. The van der Waals surface area contributed by atoms with Gasteiger partial charge in [0.05, 0.1) is 11.3 Å². The van der Waals surface area contributed by atoms with Crippen molar-refractivity contribution in [2.75, 3.05) is 91.8 Å². The van der Waals surface area contributed by atoms with Crippen LogP contribution in [0.25, 0.3) is 12.2 Å². The Bertz CT molecular complexity index is 1450. The number of aliphatic hydroxyl groups is 2. The van der Waals surface area contributed by atoms with Gasteiger partial charge in [0, 0.05) is 78.5 Å². The van der Waals surface area contributed by atoms with Crippen LogP contribution in [0.5, 0.6) is 0 Å². The van der Waals surface area contributed by atoms with E-state index in [2.05, 4.69) is 68.2 Å². The first-order valence-corrected chi connectivity index (χ1v) is 19.1. The minimum Gasteiger partial charge on any atom is -0.463 e. The maximum absolute atomic E-state index is 13.5. The molecule has 10 nitrogen and oxygen atoms in total. The predicted octanol–water partition coefficient (Wildman–Crippen LogP) is 3.90. The molecular formula is C42H60N4O6. The van der Waals surface area contributed by atoms with E-state index in [0.717, 1.165) is 65.4 Å². The summed E-state index contributed by atoms with van der Waals surface area (Å²) in [4.78, 5) is 36.0.